The predicted molar refractivity (Wildman–Crippen MR) is 101 cm³/mol. The first-order chi connectivity index (χ1) is 12.2. The van der Waals surface area contributed by atoms with Crippen LogP contribution in [0, 0.1) is 0 Å². The topological polar surface area (TPSA) is 32.3 Å². The monoisotopic (exact) mass is 354 g/mol. The molecular weight excluding hydrogens is 332 g/mol. The van der Waals surface area contributed by atoms with Crippen LogP contribution in [0.4, 0.5) is 0 Å². The molecule has 130 valence electrons. The molecule has 2 fully saturated rings. The van der Waals surface area contributed by atoms with Crippen LogP contribution in [0.2, 0.25) is 5.02 Å². The second-order valence-corrected chi connectivity index (χ2v) is 7.71. The molecule has 1 N–H and O–H groups in total. The highest BCUT2D eigenvalue weighted by molar-refractivity contribution is 6.30. The van der Waals surface area contributed by atoms with Crippen molar-refractivity contribution in [2.24, 2.45) is 0 Å². The Hall–Kier alpha value is -1.84. The van der Waals surface area contributed by atoms with Crippen LogP contribution in [-0.4, -0.2) is 29.9 Å². The van der Waals surface area contributed by atoms with Gasteiger partial charge in [0.15, 0.2) is 0 Å². The molecular formula is C21H23ClN2O. The summed E-state index contributed by atoms with van der Waals surface area (Å²) in [5.74, 6) is 0.182. The number of hydrogen-bond donors (Lipinski definition) is 1. The number of likely N-dealkylation sites (tertiary alicyclic amines) is 1. The number of hydrogen-bond acceptors (Lipinski definition) is 2. The average molecular weight is 355 g/mol. The third-order valence-corrected chi connectivity index (χ3v) is 5.69. The summed E-state index contributed by atoms with van der Waals surface area (Å²) in [5.41, 5.74) is 2.10. The fourth-order valence-corrected chi connectivity index (χ4v) is 3.93. The normalized spacial score (nSPS) is 21.9. The first kappa shape index (κ1) is 16.6. The number of benzene rings is 2. The van der Waals surface area contributed by atoms with E-state index in [9.17, 15) is 4.79 Å². The minimum Gasteiger partial charge on any atom is -0.351 e. The molecule has 0 aromatic heterocycles. The highest BCUT2D eigenvalue weighted by atomic mass is 35.5. The van der Waals surface area contributed by atoms with Gasteiger partial charge >= 0.3 is 0 Å². The van der Waals surface area contributed by atoms with Crippen molar-refractivity contribution in [1.29, 1.82) is 0 Å². The number of halogens is 1. The van der Waals surface area contributed by atoms with E-state index in [1.165, 1.54) is 5.56 Å². The van der Waals surface area contributed by atoms with Crippen LogP contribution in [0.1, 0.15) is 30.4 Å². The molecule has 0 spiro atoms. The van der Waals surface area contributed by atoms with E-state index < -0.39 is 0 Å². The molecule has 3 nitrogen and oxygen atoms in total. The molecule has 0 unspecified atom stereocenters. The third kappa shape index (κ3) is 3.58. The number of carbonyl (C=O) groups is 1. The summed E-state index contributed by atoms with van der Waals surface area (Å²) < 4.78 is 0. The lowest BCUT2D eigenvalue weighted by Gasteiger charge is -2.20. The van der Waals surface area contributed by atoms with Crippen molar-refractivity contribution >= 4 is 17.5 Å². The molecule has 1 saturated carbocycles. The zero-order valence-electron chi connectivity index (χ0n) is 14.2. The van der Waals surface area contributed by atoms with E-state index >= 15 is 0 Å². The van der Waals surface area contributed by atoms with Crippen LogP contribution in [0.5, 0.6) is 0 Å². The molecule has 4 heteroatoms. The zero-order valence-corrected chi connectivity index (χ0v) is 15.0. The van der Waals surface area contributed by atoms with Gasteiger partial charge in [0, 0.05) is 30.7 Å². The summed E-state index contributed by atoms with van der Waals surface area (Å²) in [4.78, 5) is 15.3. The summed E-state index contributed by atoms with van der Waals surface area (Å²) in [6.07, 6.45) is 2.89. The van der Waals surface area contributed by atoms with Crippen LogP contribution in [0.3, 0.4) is 0 Å². The van der Waals surface area contributed by atoms with Gasteiger partial charge in [-0.3, -0.25) is 9.69 Å². The summed E-state index contributed by atoms with van der Waals surface area (Å²) in [6.45, 7) is 2.92. The Kier molecular flexibility index (Phi) is 4.53. The standard InChI is InChI=1S/C21H23ClN2O/c22-18-8-6-17(7-9-18)21(11-12-21)20(25)23-19-10-13-24(15-19)14-16-4-2-1-3-5-16/h1-9,19H,10-15H2,(H,23,25)/t19-/m0/s1. The first-order valence-electron chi connectivity index (χ1n) is 8.99. The van der Waals surface area contributed by atoms with Crippen LogP contribution in [0.25, 0.3) is 0 Å². The summed E-state index contributed by atoms with van der Waals surface area (Å²) in [6, 6.07) is 18.5. The van der Waals surface area contributed by atoms with E-state index in [-0.39, 0.29) is 17.4 Å². The number of amides is 1. The number of rotatable bonds is 5. The Balaban J connectivity index is 1.35. The minimum atomic E-state index is -0.322. The summed E-state index contributed by atoms with van der Waals surface area (Å²) in [7, 11) is 0. The van der Waals surface area contributed by atoms with Crippen molar-refractivity contribution in [3.05, 3.63) is 70.7 Å². The predicted octanol–water partition coefficient (Wildman–Crippen LogP) is 3.76. The molecule has 2 aliphatic rings. The molecule has 2 aromatic rings. The number of nitrogens with one attached hydrogen (secondary N) is 1. The van der Waals surface area contributed by atoms with Crippen molar-refractivity contribution in [2.75, 3.05) is 13.1 Å². The second kappa shape index (κ2) is 6.81. The van der Waals surface area contributed by atoms with Gasteiger partial charge in [0.05, 0.1) is 5.41 Å². The van der Waals surface area contributed by atoms with Crippen LogP contribution >= 0.6 is 11.6 Å². The molecule has 25 heavy (non-hydrogen) atoms. The maximum Gasteiger partial charge on any atom is 0.230 e. The van der Waals surface area contributed by atoms with E-state index in [2.05, 4.69) is 34.5 Å². The highest BCUT2D eigenvalue weighted by Gasteiger charge is 2.51. The van der Waals surface area contributed by atoms with Gasteiger partial charge in [0.25, 0.3) is 0 Å². The van der Waals surface area contributed by atoms with Gasteiger partial charge in [-0.15, -0.1) is 0 Å². The van der Waals surface area contributed by atoms with Crippen LogP contribution in [-0.2, 0) is 16.8 Å². The molecule has 4 rings (SSSR count). The third-order valence-electron chi connectivity index (χ3n) is 5.44. The Morgan fingerprint density at radius 1 is 1.12 bits per heavy atom. The Labute approximate surface area is 154 Å². The van der Waals surface area contributed by atoms with Crippen LogP contribution < -0.4 is 5.32 Å². The lowest BCUT2D eigenvalue weighted by atomic mass is 9.94. The van der Waals surface area contributed by atoms with Gasteiger partial charge in [0.1, 0.15) is 0 Å². The fraction of sp³-hybridized carbons (Fsp3) is 0.381. The molecule has 0 radical (unpaired) electrons. The minimum absolute atomic E-state index is 0.182. The van der Waals surface area contributed by atoms with Gasteiger partial charge in [-0.2, -0.15) is 0 Å². The van der Waals surface area contributed by atoms with Gasteiger partial charge in [-0.25, -0.2) is 0 Å². The summed E-state index contributed by atoms with van der Waals surface area (Å²) >= 11 is 5.98. The average Bonchev–Trinajstić information content (AvgIpc) is 3.33. The van der Waals surface area contributed by atoms with Crippen molar-refractivity contribution in [1.82, 2.24) is 10.2 Å². The zero-order chi connectivity index (χ0) is 17.3. The number of nitrogens with zero attached hydrogens (tertiary/aromatic N) is 1. The highest BCUT2D eigenvalue weighted by Crippen LogP contribution is 2.48. The van der Waals surface area contributed by atoms with Gasteiger partial charge in [-0.1, -0.05) is 54.1 Å². The van der Waals surface area contributed by atoms with Gasteiger partial charge in [-0.05, 0) is 42.5 Å². The Morgan fingerprint density at radius 2 is 1.84 bits per heavy atom. The lowest BCUT2D eigenvalue weighted by Crippen LogP contribution is -2.42. The van der Waals surface area contributed by atoms with Gasteiger partial charge in [0.2, 0.25) is 5.91 Å². The van der Waals surface area contributed by atoms with Crippen LogP contribution in [0.15, 0.2) is 54.6 Å². The lowest BCUT2D eigenvalue weighted by molar-refractivity contribution is -0.124. The molecule has 1 amide bonds. The van der Waals surface area contributed by atoms with Crippen molar-refractivity contribution < 1.29 is 4.79 Å². The quantitative estimate of drug-likeness (QED) is 0.886. The maximum atomic E-state index is 12.9. The van der Waals surface area contributed by atoms with E-state index in [1.807, 2.05) is 30.3 Å². The Morgan fingerprint density at radius 3 is 2.52 bits per heavy atom. The SMILES string of the molecule is O=C(N[C@H]1CCN(Cc2ccccc2)C1)C1(c2ccc(Cl)cc2)CC1. The second-order valence-electron chi connectivity index (χ2n) is 7.27. The van der Waals surface area contributed by atoms with Crippen molar-refractivity contribution in [3.8, 4) is 0 Å². The molecule has 2 aromatic carbocycles. The van der Waals surface area contributed by atoms with E-state index in [4.69, 9.17) is 11.6 Å². The van der Waals surface area contributed by atoms with Crippen molar-refractivity contribution in [2.45, 2.75) is 37.3 Å². The molecule has 0 bridgehead atoms. The number of carbonyl (C=O) groups excluding carboxylic acids is 1. The van der Waals surface area contributed by atoms with Crippen molar-refractivity contribution in [3.63, 3.8) is 0 Å². The van der Waals surface area contributed by atoms with E-state index in [0.29, 0.717) is 5.02 Å². The largest absolute Gasteiger partial charge is 0.351 e. The molecule has 1 atom stereocenters. The first-order valence-corrected chi connectivity index (χ1v) is 9.37. The van der Waals surface area contributed by atoms with E-state index in [1.54, 1.807) is 0 Å². The molecule has 1 aliphatic heterocycles. The van der Waals surface area contributed by atoms with E-state index in [0.717, 1.165) is 44.5 Å². The Bertz CT molecular complexity index is 740. The molecule has 1 saturated heterocycles. The van der Waals surface area contributed by atoms with Gasteiger partial charge < -0.3 is 5.32 Å². The molecule has 1 aliphatic carbocycles. The maximum absolute atomic E-state index is 12.9. The summed E-state index contributed by atoms with van der Waals surface area (Å²) in [5, 5.41) is 4.01. The fourth-order valence-electron chi connectivity index (χ4n) is 3.80. The molecule has 1 heterocycles. The smallest absolute Gasteiger partial charge is 0.230 e.